The molecule has 0 aliphatic heterocycles. The van der Waals surface area contributed by atoms with Crippen LogP contribution in [-0.2, 0) is 4.79 Å². The van der Waals surface area contributed by atoms with E-state index in [-0.39, 0.29) is 0 Å². The molecule has 3 amide bonds. The van der Waals surface area contributed by atoms with Crippen LogP contribution in [0.25, 0.3) is 0 Å². The lowest BCUT2D eigenvalue weighted by atomic mass is 10.1. The number of carbonyl (C=O) groups excluding carboxylic acids is 2. The van der Waals surface area contributed by atoms with Crippen molar-refractivity contribution in [2.45, 2.75) is 25.8 Å². The van der Waals surface area contributed by atoms with Crippen molar-refractivity contribution in [1.29, 1.82) is 0 Å². The summed E-state index contributed by atoms with van der Waals surface area (Å²) >= 11 is 6.11. The highest BCUT2D eigenvalue weighted by molar-refractivity contribution is 6.34. The van der Waals surface area contributed by atoms with E-state index < -0.39 is 18.0 Å². The van der Waals surface area contributed by atoms with Crippen molar-refractivity contribution < 1.29 is 19.1 Å². The maximum Gasteiger partial charge on any atom is 0.312 e. The number of anilines is 1. The van der Waals surface area contributed by atoms with Crippen LogP contribution in [-0.4, -0.2) is 32.2 Å². The maximum atomic E-state index is 12.2. The monoisotopic (exact) mass is 329 g/mol. The van der Waals surface area contributed by atoms with Crippen LogP contribution in [0.3, 0.4) is 0 Å². The summed E-state index contributed by atoms with van der Waals surface area (Å²) < 4.78 is 10.3. The fourth-order valence-corrected chi connectivity index (χ4v) is 2.10. The lowest BCUT2D eigenvalue weighted by Gasteiger charge is -2.18. The van der Waals surface area contributed by atoms with Crippen LogP contribution in [0.5, 0.6) is 11.5 Å². The molecule has 0 unspecified atom stereocenters. The molecule has 0 aliphatic carbocycles. The molecule has 1 rings (SSSR count). The molecular formula is C14H20ClN3O4. The largest absolute Gasteiger partial charge is 0.493 e. The number of hydrogen-bond donors (Lipinski definition) is 3. The number of nitrogens with one attached hydrogen (secondary N) is 2. The zero-order chi connectivity index (χ0) is 16.7. The van der Waals surface area contributed by atoms with Gasteiger partial charge >= 0.3 is 6.03 Å². The second-order valence-electron chi connectivity index (χ2n) is 4.53. The number of ether oxygens (including phenoxy) is 2. The average molecular weight is 330 g/mol. The SMILES string of the molecule is CCC[C@H](NC(N)=O)C(=O)Nc1cc(OC)c(OC)cc1Cl. The first-order chi connectivity index (χ1) is 10.4. The maximum absolute atomic E-state index is 12.2. The van der Waals surface area contributed by atoms with E-state index in [1.54, 1.807) is 6.07 Å². The molecule has 122 valence electrons. The fourth-order valence-electron chi connectivity index (χ4n) is 1.90. The molecule has 7 nitrogen and oxygen atoms in total. The van der Waals surface area contributed by atoms with E-state index in [2.05, 4.69) is 10.6 Å². The zero-order valence-corrected chi connectivity index (χ0v) is 13.5. The Bertz CT molecular complexity index is 551. The number of carbonyl (C=O) groups is 2. The summed E-state index contributed by atoms with van der Waals surface area (Å²) in [5.41, 5.74) is 5.43. The Kier molecular flexibility index (Phi) is 6.78. The van der Waals surface area contributed by atoms with Gasteiger partial charge in [0, 0.05) is 12.1 Å². The van der Waals surface area contributed by atoms with E-state index in [1.807, 2.05) is 6.92 Å². The van der Waals surface area contributed by atoms with E-state index in [9.17, 15) is 9.59 Å². The molecule has 0 aliphatic rings. The number of amides is 3. The van der Waals surface area contributed by atoms with Crippen molar-refractivity contribution in [2.75, 3.05) is 19.5 Å². The van der Waals surface area contributed by atoms with Gasteiger partial charge in [-0.1, -0.05) is 24.9 Å². The number of rotatable bonds is 7. The smallest absolute Gasteiger partial charge is 0.312 e. The number of urea groups is 1. The third-order valence-corrected chi connectivity index (χ3v) is 3.25. The molecule has 0 heterocycles. The first-order valence-corrected chi connectivity index (χ1v) is 7.09. The Hall–Kier alpha value is -2.15. The minimum Gasteiger partial charge on any atom is -0.493 e. The molecule has 0 radical (unpaired) electrons. The third-order valence-electron chi connectivity index (χ3n) is 2.94. The highest BCUT2D eigenvalue weighted by Crippen LogP contribution is 2.36. The lowest BCUT2D eigenvalue weighted by Crippen LogP contribution is -2.46. The topological polar surface area (TPSA) is 103 Å². The van der Waals surface area contributed by atoms with E-state index in [0.717, 1.165) is 0 Å². The highest BCUT2D eigenvalue weighted by Gasteiger charge is 2.20. The summed E-state index contributed by atoms with van der Waals surface area (Å²) in [5.74, 6) is 0.470. The minimum atomic E-state index is -0.757. The Morgan fingerprint density at radius 3 is 2.36 bits per heavy atom. The van der Waals surface area contributed by atoms with Gasteiger partial charge in [0.15, 0.2) is 11.5 Å². The van der Waals surface area contributed by atoms with Gasteiger partial charge in [0.05, 0.1) is 24.9 Å². The fraction of sp³-hybridized carbons (Fsp3) is 0.429. The molecule has 0 saturated heterocycles. The number of halogens is 1. The standard InChI is InChI=1S/C14H20ClN3O4/c1-4-5-9(18-14(16)20)13(19)17-10-7-12(22-3)11(21-2)6-8(10)15/h6-7,9H,4-5H2,1-3H3,(H,17,19)(H3,16,18,20)/t9-/m0/s1. The van der Waals surface area contributed by atoms with Crippen molar-refractivity contribution in [1.82, 2.24) is 5.32 Å². The lowest BCUT2D eigenvalue weighted by molar-refractivity contribution is -0.118. The van der Waals surface area contributed by atoms with Crippen LogP contribution in [0.2, 0.25) is 5.02 Å². The van der Waals surface area contributed by atoms with Crippen molar-refractivity contribution in [3.63, 3.8) is 0 Å². The number of nitrogens with two attached hydrogens (primary N) is 1. The van der Waals surface area contributed by atoms with Gasteiger partial charge in [0.25, 0.3) is 0 Å². The number of hydrogen-bond acceptors (Lipinski definition) is 4. The van der Waals surface area contributed by atoms with Gasteiger partial charge in [-0.3, -0.25) is 4.79 Å². The minimum absolute atomic E-state index is 0.292. The molecule has 8 heteroatoms. The first kappa shape index (κ1) is 17.9. The molecule has 0 fully saturated rings. The third kappa shape index (κ3) is 4.70. The molecule has 1 aromatic carbocycles. The van der Waals surface area contributed by atoms with Crippen LogP contribution >= 0.6 is 11.6 Å². The summed E-state index contributed by atoms with van der Waals surface area (Å²) in [6.45, 7) is 1.90. The van der Waals surface area contributed by atoms with E-state index in [0.29, 0.717) is 35.1 Å². The normalized spacial score (nSPS) is 11.5. The molecule has 4 N–H and O–H groups in total. The number of methoxy groups -OCH3 is 2. The van der Waals surface area contributed by atoms with Crippen LogP contribution in [0.15, 0.2) is 12.1 Å². The van der Waals surface area contributed by atoms with Crippen LogP contribution in [0.4, 0.5) is 10.5 Å². The second-order valence-corrected chi connectivity index (χ2v) is 4.93. The highest BCUT2D eigenvalue weighted by atomic mass is 35.5. The van der Waals surface area contributed by atoms with Gasteiger partial charge in [0.1, 0.15) is 6.04 Å². The quantitative estimate of drug-likeness (QED) is 0.713. The Morgan fingerprint density at radius 1 is 1.27 bits per heavy atom. The Morgan fingerprint density at radius 2 is 1.86 bits per heavy atom. The molecule has 22 heavy (non-hydrogen) atoms. The zero-order valence-electron chi connectivity index (χ0n) is 12.7. The summed E-state index contributed by atoms with van der Waals surface area (Å²) in [7, 11) is 2.96. The summed E-state index contributed by atoms with van der Waals surface area (Å²) in [6, 6.07) is 1.59. The Balaban J connectivity index is 2.96. The molecule has 0 spiro atoms. The van der Waals surface area contributed by atoms with E-state index >= 15 is 0 Å². The summed E-state index contributed by atoms with van der Waals surface area (Å²) in [6.07, 6.45) is 1.16. The van der Waals surface area contributed by atoms with Gasteiger partial charge in [-0.15, -0.1) is 0 Å². The molecule has 0 aromatic heterocycles. The predicted molar refractivity (Wildman–Crippen MR) is 84.6 cm³/mol. The van der Waals surface area contributed by atoms with E-state index in [4.69, 9.17) is 26.8 Å². The van der Waals surface area contributed by atoms with Crippen LogP contribution < -0.4 is 25.8 Å². The van der Waals surface area contributed by atoms with Gasteiger partial charge in [-0.2, -0.15) is 0 Å². The van der Waals surface area contributed by atoms with E-state index in [1.165, 1.54) is 20.3 Å². The van der Waals surface area contributed by atoms with Crippen molar-refractivity contribution >= 4 is 29.2 Å². The van der Waals surface area contributed by atoms with Gasteiger partial charge in [-0.05, 0) is 6.42 Å². The van der Waals surface area contributed by atoms with Crippen molar-refractivity contribution in [3.8, 4) is 11.5 Å². The number of primary amides is 1. The van der Waals surface area contributed by atoms with Gasteiger partial charge < -0.3 is 25.8 Å². The molecule has 0 bridgehead atoms. The second kappa shape index (κ2) is 8.33. The molecular weight excluding hydrogens is 310 g/mol. The molecule has 0 saturated carbocycles. The average Bonchev–Trinajstić information content (AvgIpc) is 2.47. The number of benzene rings is 1. The summed E-state index contributed by atoms with van der Waals surface area (Å²) in [5, 5.41) is 5.34. The Labute approximate surface area is 134 Å². The van der Waals surface area contributed by atoms with Crippen molar-refractivity contribution in [2.24, 2.45) is 5.73 Å². The van der Waals surface area contributed by atoms with Crippen LogP contribution in [0, 0.1) is 0 Å². The van der Waals surface area contributed by atoms with Crippen LogP contribution in [0.1, 0.15) is 19.8 Å². The van der Waals surface area contributed by atoms with Gasteiger partial charge in [-0.25, -0.2) is 4.79 Å². The van der Waals surface area contributed by atoms with Crippen molar-refractivity contribution in [3.05, 3.63) is 17.2 Å². The molecule has 1 aromatic rings. The first-order valence-electron chi connectivity index (χ1n) is 6.71. The van der Waals surface area contributed by atoms with Gasteiger partial charge in [0.2, 0.25) is 5.91 Å². The summed E-state index contributed by atoms with van der Waals surface area (Å²) in [4.78, 5) is 23.2. The predicted octanol–water partition coefficient (Wildman–Crippen LogP) is 2.13. The molecule has 1 atom stereocenters.